The van der Waals surface area contributed by atoms with E-state index in [0.29, 0.717) is 13.1 Å². The van der Waals surface area contributed by atoms with Gasteiger partial charge in [-0.25, -0.2) is 9.78 Å². The summed E-state index contributed by atoms with van der Waals surface area (Å²) in [5, 5.41) is 10.6. The van der Waals surface area contributed by atoms with E-state index in [9.17, 15) is 9.90 Å². The first-order valence-electron chi connectivity index (χ1n) is 10.5. The minimum Gasteiger partial charge on any atom is -0.390 e. The molecule has 6 rings (SSSR count). The molecule has 3 fully saturated rings. The molecule has 0 aromatic carbocycles. The first kappa shape index (κ1) is 17.2. The van der Waals surface area contributed by atoms with Gasteiger partial charge < -0.3 is 10.1 Å². The number of amides is 2. The van der Waals surface area contributed by atoms with Crippen LogP contribution in [-0.2, 0) is 5.41 Å². The lowest BCUT2D eigenvalue weighted by molar-refractivity contribution is -0.0678. The predicted octanol–water partition coefficient (Wildman–Crippen LogP) is 2.94. The Morgan fingerprint density at radius 2 is 1.89 bits per heavy atom. The van der Waals surface area contributed by atoms with Crippen LogP contribution < -0.4 is 4.90 Å². The molecular formula is C20H29N5O2. The van der Waals surface area contributed by atoms with Gasteiger partial charge in [-0.15, -0.1) is 0 Å². The second-order valence-corrected chi connectivity index (χ2v) is 8.85. The first-order valence-corrected chi connectivity index (χ1v) is 10.5. The van der Waals surface area contributed by atoms with Gasteiger partial charge in [0.25, 0.3) is 0 Å². The lowest BCUT2D eigenvalue weighted by Gasteiger charge is -2.49. The summed E-state index contributed by atoms with van der Waals surface area (Å²) >= 11 is 0. The minimum absolute atomic E-state index is 0.0104. The van der Waals surface area contributed by atoms with E-state index in [4.69, 9.17) is 9.98 Å². The van der Waals surface area contributed by atoms with Crippen molar-refractivity contribution in [2.75, 3.05) is 18.0 Å². The maximum atomic E-state index is 13.1. The Balaban J connectivity index is 1.58. The van der Waals surface area contributed by atoms with Crippen molar-refractivity contribution in [2.45, 2.75) is 82.3 Å². The van der Waals surface area contributed by atoms with Gasteiger partial charge in [0.05, 0.1) is 18.2 Å². The van der Waals surface area contributed by atoms with Gasteiger partial charge in [-0.05, 0) is 51.4 Å². The highest BCUT2D eigenvalue weighted by molar-refractivity contribution is 6.18. The van der Waals surface area contributed by atoms with Gasteiger partial charge in [0.2, 0.25) is 0 Å². The molecule has 0 saturated heterocycles. The minimum atomic E-state index is -0.459. The van der Waals surface area contributed by atoms with E-state index < -0.39 is 5.60 Å². The molecule has 0 radical (unpaired) electrons. The average Bonchev–Trinajstić information content (AvgIpc) is 3.31. The van der Waals surface area contributed by atoms with Crippen LogP contribution in [0.25, 0.3) is 0 Å². The standard InChI is InChI=1S/C20H29N5O2/c1-3-11-24-16-14(15-21-13(4-2)12-25(15)18(24)26)22-17(23-16)19-5-8-20(27,9-6-19)10-7-19/h13,27H,3-12H2,1-2H3,(H,22,23)/t13-,19?,20?/m1/s1. The summed E-state index contributed by atoms with van der Waals surface area (Å²) in [5.74, 6) is 2.52. The average molecular weight is 371 g/mol. The van der Waals surface area contributed by atoms with Crippen LogP contribution in [0.15, 0.2) is 4.99 Å². The van der Waals surface area contributed by atoms with Crippen LogP contribution >= 0.6 is 0 Å². The van der Waals surface area contributed by atoms with E-state index in [1.165, 1.54) is 0 Å². The molecule has 3 heterocycles. The first-order chi connectivity index (χ1) is 13.0. The Kier molecular flexibility index (Phi) is 3.70. The van der Waals surface area contributed by atoms with Crippen molar-refractivity contribution in [1.29, 1.82) is 0 Å². The number of nitrogens with zero attached hydrogens (tertiary/aromatic N) is 4. The largest absolute Gasteiger partial charge is 0.390 e. The Hall–Kier alpha value is -1.89. The molecule has 1 atom stereocenters. The number of aliphatic imine (C=N–C) groups is 1. The SMILES string of the molecule is CCCN1C(=O)N2C[C@@H](CC)N=C2c2[nH]c(C34CCC(O)(CC3)CC4)nc21. The monoisotopic (exact) mass is 371 g/mol. The fourth-order valence-electron chi connectivity index (χ4n) is 5.32. The molecule has 1 aromatic heterocycles. The molecule has 5 aliphatic rings. The van der Waals surface area contributed by atoms with Gasteiger partial charge in [0, 0.05) is 12.0 Å². The van der Waals surface area contributed by atoms with Gasteiger partial charge in [0.15, 0.2) is 11.7 Å². The molecular weight excluding hydrogens is 342 g/mol. The van der Waals surface area contributed by atoms with E-state index in [1.54, 1.807) is 0 Å². The van der Waals surface area contributed by atoms with Crippen LogP contribution in [0.3, 0.4) is 0 Å². The molecule has 7 heteroatoms. The zero-order valence-electron chi connectivity index (χ0n) is 16.3. The highest BCUT2D eigenvalue weighted by atomic mass is 16.3. The summed E-state index contributed by atoms with van der Waals surface area (Å²) in [4.78, 5) is 30.2. The molecule has 3 aliphatic carbocycles. The van der Waals surface area contributed by atoms with Crippen LogP contribution in [0.1, 0.15) is 76.7 Å². The summed E-state index contributed by atoms with van der Waals surface area (Å²) < 4.78 is 0. The fourth-order valence-corrected chi connectivity index (χ4v) is 5.32. The number of aromatic amines is 1. The van der Waals surface area contributed by atoms with Crippen molar-refractivity contribution in [3.63, 3.8) is 0 Å². The molecule has 0 spiro atoms. The second kappa shape index (κ2) is 5.80. The number of amidine groups is 1. The Bertz CT molecular complexity index is 789. The van der Waals surface area contributed by atoms with Crippen LogP contribution in [0.5, 0.6) is 0 Å². The Morgan fingerprint density at radius 3 is 2.52 bits per heavy atom. The zero-order chi connectivity index (χ0) is 18.8. The van der Waals surface area contributed by atoms with Gasteiger partial charge in [-0.1, -0.05) is 13.8 Å². The number of urea groups is 1. The van der Waals surface area contributed by atoms with Gasteiger partial charge in [0.1, 0.15) is 11.5 Å². The van der Waals surface area contributed by atoms with Crippen LogP contribution in [0.4, 0.5) is 10.6 Å². The summed E-state index contributed by atoms with van der Waals surface area (Å²) in [6.45, 7) is 5.54. The normalized spacial score (nSPS) is 34.7. The lowest BCUT2D eigenvalue weighted by Crippen LogP contribution is -2.50. The maximum absolute atomic E-state index is 13.1. The van der Waals surface area contributed by atoms with Crippen molar-refractivity contribution in [3.05, 3.63) is 11.5 Å². The topological polar surface area (TPSA) is 84.8 Å². The molecule has 3 saturated carbocycles. The van der Waals surface area contributed by atoms with E-state index >= 15 is 0 Å². The molecule has 146 valence electrons. The summed E-state index contributed by atoms with van der Waals surface area (Å²) in [7, 11) is 0. The van der Waals surface area contributed by atoms with Crippen molar-refractivity contribution >= 4 is 17.7 Å². The summed E-state index contributed by atoms with van der Waals surface area (Å²) in [6.07, 6.45) is 7.26. The number of anilines is 1. The number of carbonyl (C=O) groups is 1. The molecule has 2 bridgehead atoms. The molecule has 2 amide bonds. The molecule has 1 aromatic rings. The van der Waals surface area contributed by atoms with Crippen molar-refractivity contribution in [3.8, 4) is 0 Å². The molecule has 2 N–H and O–H groups in total. The lowest BCUT2D eigenvalue weighted by atomic mass is 9.58. The Labute approximate surface area is 159 Å². The maximum Gasteiger partial charge on any atom is 0.331 e. The number of aliphatic hydroxyl groups is 1. The molecule has 7 nitrogen and oxygen atoms in total. The van der Waals surface area contributed by atoms with Crippen molar-refractivity contribution in [2.24, 2.45) is 4.99 Å². The van der Waals surface area contributed by atoms with E-state index in [-0.39, 0.29) is 17.5 Å². The third-order valence-corrected chi connectivity index (χ3v) is 7.21. The summed E-state index contributed by atoms with van der Waals surface area (Å²) in [5.41, 5.74) is 0.463. The quantitative estimate of drug-likeness (QED) is 0.853. The van der Waals surface area contributed by atoms with Gasteiger partial charge in [-0.3, -0.25) is 14.8 Å². The number of rotatable bonds is 4. The molecule has 0 unspecified atom stereocenters. The van der Waals surface area contributed by atoms with Crippen LogP contribution in [-0.4, -0.2) is 56.6 Å². The number of hydrogen-bond donors (Lipinski definition) is 2. The predicted molar refractivity (Wildman–Crippen MR) is 103 cm³/mol. The van der Waals surface area contributed by atoms with Crippen molar-refractivity contribution in [1.82, 2.24) is 14.9 Å². The van der Waals surface area contributed by atoms with Crippen LogP contribution in [0, 0.1) is 0 Å². The molecule has 2 aliphatic heterocycles. The number of carbonyl (C=O) groups excluding carboxylic acids is 1. The van der Waals surface area contributed by atoms with Gasteiger partial charge >= 0.3 is 6.03 Å². The van der Waals surface area contributed by atoms with Crippen LogP contribution in [0.2, 0.25) is 0 Å². The fraction of sp³-hybridized carbons (Fsp3) is 0.750. The third-order valence-electron chi connectivity index (χ3n) is 7.21. The number of nitrogens with one attached hydrogen (secondary N) is 1. The second-order valence-electron chi connectivity index (χ2n) is 8.85. The van der Waals surface area contributed by atoms with Gasteiger partial charge in [-0.2, -0.15) is 0 Å². The van der Waals surface area contributed by atoms with Crippen molar-refractivity contribution < 1.29 is 9.90 Å². The van der Waals surface area contributed by atoms with E-state index in [2.05, 4.69) is 18.8 Å². The number of fused-ring (bicyclic) bond motifs is 6. The van der Waals surface area contributed by atoms with E-state index in [1.807, 2.05) is 9.80 Å². The number of hydrogen-bond acceptors (Lipinski definition) is 4. The zero-order valence-corrected chi connectivity index (χ0v) is 16.3. The molecule has 27 heavy (non-hydrogen) atoms. The highest BCUT2D eigenvalue weighted by Crippen LogP contribution is 2.53. The smallest absolute Gasteiger partial charge is 0.331 e. The van der Waals surface area contributed by atoms with E-state index in [0.717, 1.165) is 74.5 Å². The number of H-pyrrole nitrogens is 1. The summed E-state index contributed by atoms with van der Waals surface area (Å²) in [6, 6.07) is 0.180. The Morgan fingerprint density at radius 1 is 1.19 bits per heavy atom. The highest BCUT2D eigenvalue weighted by Gasteiger charge is 2.51. The number of aromatic nitrogens is 2. The third kappa shape index (κ3) is 2.40. The number of imidazole rings is 1.